The monoisotopic (exact) mass is 376 g/mol. The van der Waals surface area contributed by atoms with Crippen molar-refractivity contribution in [2.75, 3.05) is 6.61 Å². The lowest BCUT2D eigenvalue weighted by Crippen LogP contribution is -2.35. The Balaban J connectivity index is 2.16. The fourth-order valence-electron chi connectivity index (χ4n) is 2.94. The number of nitrogens with zero attached hydrogens (tertiary/aromatic N) is 1. The molecule has 0 saturated carbocycles. The number of carbonyl (C=O) groups excluding carboxylic acids is 1. The third-order valence-electron chi connectivity index (χ3n) is 4.28. The molecular weight excluding hydrogens is 352 g/mol. The average Bonchev–Trinajstić information content (AvgIpc) is 2.65. The van der Waals surface area contributed by atoms with E-state index in [9.17, 15) is 4.79 Å². The molecule has 0 unspecified atom stereocenters. The van der Waals surface area contributed by atoms with Crippen molar-refractivity contribution in [1.29, 1.82) is 5.41 Å². The second kappa shape index (κ2) is 8.08. The van der Waals surface area contributed by atoms with Gasteiger partial charge in [0.2, 0.25) is 0 Å². The van der Waals surface area contributed by atoms with Crippen LogP contribution in [-0.2, 0) is 0 Å². The van der Waals surface area contributed by atoms with E-state index < -0.39 is 11.9 Å². The van der Waals surface area contributed by atoms with Gasteiger partial charge in [0.25, 0.3) is 5.91 Å². The van der Waals surface area contributed by atoms with Crippen LogP contribution in [0.25, 0.3) is 22.2 Å². The molecule has 0 bridgehead atoms. The molecular formula is C22H24N4O2. The highest BCUT2D eigenvalue weighted by Crippen LogP contribution is 2.29. The number of rotatable bonds is 5. The molecule has 28 heavy (non-hydrogen) atoms. The third-order valence-corrected chi connectivity index (χ3v) is 4.28. The van der Waals surface area contributed by atoms with Crippen LogP contribution in [0.4, 0.5) is 0 Å². The number of amides is 1. The van der Waals surface area contributed by atoms with Gasteiger partial charge in [-0.1, -0.05) is 38.1 Å². The van der Waals surface area contributed by atoms with E-state index in [2.05, 4.69) is 19.2 Å². The largest absolute Gasteiger partial charge is 0.493 e. The zero-order valence-electron chi connectivity index (χ0n) is 16.2. The summed E-state index contributed by atoms with van der Waals surface area (Å²) in [6.45, 7) is 6.76. The molecule has 0 aliphatic rings. The fourth-order valence-corrected chi connectivity index (χ4v) is 2.94. The summed E-state index contributed by atoms with van der Waals surface area (Å²) in [5.74, 6) is 0.266. The normalized spacial score (nSPS) is 10.9. The highest BCUT2D eigenvalue weighted by Gasteiger charge is 2.16. The van der Waals surface area contributed by atoms with Crippen LogP contribution in [0.3, 0.4) is 0 Å². The Kier molecular flexibility index (Phi) is 5.59. The molecule has 144 valence electrons. The smallest absolute Gasteiger partial charge is 0.258 e. The first kappa shape index (κ1) is 19.4. The molecule has 1 heterocycles. The van der Waals surface area contributed by atoms with Gasteiger partial charge in [0, 0.05) is 17.0 Å². The van der Waals surface area contributed by atoms with Crippen LogP contribution in [0.2, 0.25) is 0 Å². The van der Waals surface area contributed by atoms with Crippen LogP contribution in [0.15, 0.2) is 48.5 Å². The molecule has 0 spiro atoms. The topological polar surface area (TPSA) is 101 Å². The summed E-state index contributed by atoms with van der Waals surface area (Å²) in [4.78, 5) is 17.4. The summed E-state index contributed by atoms with van der Waals surface area (Å²) in [6.07, 6.45) is 0. The number of hydrogen-bond acceptors (Lipinski definition) is 4. The van der Waals surface area contributed by atoms with Gasteiger partial charge in [-0.05, 0) is 36.6 Å². The molecule has 3 aromatic rings. The van der Waals surface area contributed by atoms with E-state index in [0.717, 1.165) is 11.1 Å². The van der Waals surface area contributed by atoms with Crippen LogP contribution in [-0.4, -0.2) is 23.5 Å². The Morgan fingerprint density at radius 2 is 1.96 bits per heavy atom. The molecule has 0 atom stereocenters. The molecule has 0 aliphatic carbocycles. The van der Waals surface area contributed by atoms with E-state index in [4.69, 9.17) is 20.9 Å². The van der Waals surface area contributed by atoms with Crippen LogP contribution in [0, 0.1) is 18.3 Å². The van der Waals surface area contributed by atoms with Gasteiger partial charge in [-0.2, -0.15) is 0 Å². The van der Waals surface area contributed by atoms with E-state index in [0.29, 0.717) is 40.4 Å². The van der Waals surface area contributed by atoms with Gasteiger partial charge in [0.1, 0.15) is 5.75 Å². The van der Waals surface area contributed by atoms with E-state index in [1.54, 1.807) is 6.07 Å². The Hall–Kier alpha value is -3.41. The molecule has 1 amide bonds. The number of nitrogens with two attached hydrogens (primary N) is 1. The van der Waals surface area contributed by atoms with E-state index in [-0.39, 0.29) is 0 Å². The van der Waals surface area contributed by atoms with Crippen LogP contribution in [0.5, 0.6) is 5.75 Å². The first-order valence-corrected chi connectivity index (χ1v) is 9.14. The van der Waals surface area contributed by atoms with Crippen molar-refractivity contribution in [3.8, 4) is 17.0 Å². The van der Waals surface area contributed by atoms with E-state index in [1.165, 1.54) is 0 Å². The number of carbonyl (C=O) groups is 1. The Morgan fingerprint density at radius 1 is 1.21 bits per heavy atom. The van der Waals surface area contributed by atoms with Crippen molar-refractivity contribution < 1.29 is 9.53 Å². The maximum absolute atomic E-state index is 12.6. The van der Waals surface area contributed by atoms with Crippen molar-refractivity contribution >= 4 is 22.8 Å². The van der Waals surface area contributed by atoms with Crippen molar-refractivity contribution in [1.82, 2.24) is 10.3 Å². The molecule has 3 rings (SSSR count). The summed E-state index contributed by atoms with van der Waals surface area (Å²) in [5.41, 5.74) is 9.09. The van der Waals surface area contributed by atoms with Gasteiger partial charge in [0.15, 0.2) is 5.96 Å². The molecule has 0 saturated heterocycles. The lowest BCUT2D eigenvalue weighted by molar-refractivity contribution is 0.0978. The zero-order valence-corrected chi connectivity index (χ0v) is 16.2. The number of benzene rings is 2. The third kappa shape index (κ3) is 4.28. The average molecular weight is 376 g/mol. The Labute approximate surface area is 164 Å². The maximum atomic E-state index is 12.6. The lowest BCUT2D eigenvalue weighted by atomic mass is 10.0. The van der Waals surface area contributed by atoms with Crippen LogP contribution in [0.1, 0.15) is 29.8 Å². The summed E-state index contributed by atoms with van der Waals surface area (Å²) < 4.78 is 5.82. The highest BCUT2D eigenvalue weighted by atomic mass is 16.5. The van der Waals surface area contributed by atoms with Gasteiger partial charge in [-0.25, -0.2) is 4.98 Å². The predicted octanol–water partition coefficient (Wildman–Crippen LogP) is 3.87. The summed E-state index contributed by atoms with van der Waals surface area (Å²) in [7, 11) is 0. The van der Waals surface area contributed by atoms with Gasteiger partial charge in [-0.15, -0.1) is 0 Å². The van der Waals surface area contributed by atoms with Crippen LogP contribution >= 0.6 is 0 Å². The second-order valence-electron chi connectivity index (χ2n) is 7.12. The minimum absolute atomic E-state index is 0.399. The molecule has 6 nitrogen and oxygen atoms in total. The number of guanidine groups is 1. The fraction of sp³-hybridized carbons (Fsp3) is 0.227. The van der Waals surface area contributed by atoms with Crippen LogP contribution < -0.4 is 15.8 Å². The Morgan fingerprint density at radius 3 is 2.64 bits per heavy atom. The molecule has 0 aliphatic heterocycles. The summed E-state index contributed by atoms with van der Waals surface area (Å²) in [5, 5.41) is 10.4. The lowest BCUT2D eigenvalue weighted by Gasteiger charge is -2.13. The molecule has 1 aromatic heterocycles. The van der Waals surface area contributed by atoms with Gasteiger partial charge >= 0.3 is 0 Å². The number of hydrogen-bond donors (Lipinski definition) is 3. The van der Waals surface area contributed by atoms with Gasteiger partial charge in [-0.3, -0.25) is 15.5 Å². The quantitative estimate of drug-likeness (QED) is 0.465. The van der Waals surface area contributed by atoms with E-state index >= 15 is 0 Å². The molecule has 2 aromatic carbocycles. The van der Waals surface area contributed by atoms with E-state index in [1.807, 2.05) is 49.4 Å². The standard InChI is InChI=1S/C22H24N4O2/c1-13(2)12-28-15-8-9-17-18(21(27)26-22(23)24)11-20(25-19(17)10-15)16-7-5-4-6-14(16)3/h4-11,13H,12H2,1-3H3,(H4,23,24,26,27). The van der Waals surface area contributed by atoms with Gasteiger partial charge < -0.3 is 10.5 Å². The SMILES string of the molecule is Cc1ccccc1-c1cc(C(=O)NC(=N)N)c2ccc(OCC(C)C)cc2n1. The van der Waals surface area contributed by atoms with Crippen molar-refractivity contribution in [3.63, 3.8) is 0 Å². The van der Waals surface area contributed by atoms with Gasteiger partial charge in [0.05, 0.1) is 23.4 Å². The minimum atomic E-state index is -0.439. The number of ether oxygens (including phenoxy) is 1. The second-order valence-corrected chi connectivity index (χ2v) is 7.12. The minimum Gasteiger partial charge on any atom is -0.493 e. The number of nitrogens with one attached hydrogen (secondary N) is 2. The predicted molar refractivity (Wildman–Crippen MR) is 112 cm³/mol. The highest BCUT2D eigenvalue weighted by molar-refractivity contribution is 6.12. The summed E-state index contributed by atoms with van der Waals surface area (Å²) >= 11 is 0. The summed E-state index contributed by atoms with van der Waals surface area (Å²) in [6, 6.07) is 15.1. The molecule has 6 heteroatoms. The number of aryl methyl sites for hydroxylation is 1. The van der Waals surface area contributed by atoms with Crippen molar-refractivity contribution in [2.45, 2.75) is 20.8 Å². The molecule has 0 radical (unpaired) electrons. The van der Waals surface area contributed by atoms with Crippen molar-refractivity contribution in [2.24, 2.45) is 11.7 Å². The molecule has 0 fully saturated rings. The first-order chi connectivity index (χ1) is 13.3. The zero-order chi connectivity index (χ0) is 20.3. The first-order valence-electron chi connectivity index (χ1n) is 9.14. The number of pyridine rings is 1. The number of fused-ring (bicyclic) bond motifs is 1. The Bertz CT molecular complexity index is 1040. The number of aromatic nitrogens is 1. The molecule has 4 N–H and O–H groups in total. The maximum Gasteiger partial charge on any atom is 0.258 e. The van der Waals surface area contributed by atoms with Crippen molar-refractivity contribution in [3.05, 3.63) is 59.7 Å².